The Bertz CT molecular complexity index is 446. The number of nitrogens with one attached hydrogen (secondary N) is 5. The van der Waals surface area contributed by atoms with Crippen molar-refractivity contribution in [3.8, 4) is 0 Å². The van der Waals surface area contributed by atoms with Crippen LogP contribution in [-0.4, -0.2) is 63.3 Å². The number of guanidine groups is 1. The van der Waals surface area contributed by atoms with E-state index in [0.29, 0.717) is 6.42 Å². The lowest BCUT2D eigenvalue weighted by molar-refractivity contribution is -0.125. The fraction of sp³-hybridized carbons (Fsp3) is 0.714. The molecule has 0 unspecified atom stereocenters. The quantitative estimate of drug-likeness (QED) is 0.162. The minimum Gasteiger partial charge on any atom is -0.359 e. The molecule has 0 aromatic carbocycles. The molecule has 1 heterocycles. The summed E-state index contributed by atoms with van der Waals surface area (Å²) in [6.45, 7) is 2.97. The van der Waals surface area contributed by atoms with Gasteiger partial charge >= 0.3 is 0 Å². The zero-order valence-electron chi connectivity index (χ0n) is 14.0. The van der Waals surface area contributed by atoms with Crippen molar-refractivity contribution in [1.29, 1.82) is 0 Å². The molecule has 2 atom stereocenters. The summed E-state index contributed by atoms with van der Waals surface area (Å²) in [7, 11) is 3.50. The van der Waals surface area contributed by atoms with Gasteiger partial charge in [-0.15, -0.1) is 0 Å². The van der Waals surface area contributed by atoms with Gasteiger partial charge in [0.25, 0.3) is 0 Å². The minimum atomic E-state index is -0.244. The molecule has 1 saturated heterocycles. The third-order valence-corrected chi connectivity index (χ3v) is 3.39. The first kappa shape index (κ1) is 18.9. The Morgan fingerprint density at radius 2 is 2.17 bits per heavy atom. The van der Waals surface area contributed by atoms with E-state index >= 15 is 0 Å². The van der Waals surface area contributed by atoms with Crippen LogP contribution in [0.15, 0.2) is 10.1 Å². The second-order valence-electron chi connectivity index (χ2n) is 5.25. The Kier molecular flexibility index (Phi) is 8.66. The number of hydrogen-bond donors (Lipinski definition) is 5. The highest BCUT2D eigenvalue weighted by atomic mass is 16.2. The second kappa shape index (κ2) is 10.5. The van der Waals surface area contributed by atoms with Gasteiger partial charge < -0.3 is 21.3 Å². The fourth-order valence-electron chi connectivity index (χ4n) is 2.01. The van der Waals surface area contributed by atoms with Crippen molar-refractivity contribution < 1.29 is 9.59 Å². The summed E-state index contributed by atoms with van der Waals surface area (Å²) < 4.78 is 0. The van der Waals surface area contributed by atoms with E-state index in [1.54, 1.807) is 20.3 Å². The van der Waals surface area contributed by atoms with Gasteiger partial charge in [0, 0.05) is 33.8 Å². The molecule has 23 heavy (non-hydrogen) atoms. The van der Waals surface area contributed by atoms with Crippen molar-refractivity contribution in [3.05, 3.63) is 0 Å². The summed E-state index contributed by atoms with van der Waals surface area (Å²) in [6.07, 6.45) is 3.93. The van der Waals surface area contributed by atoms with Crippen LogP contribution < -0.4 is 26.7 Å². The van der Waals surface area contributed by atoms with Crippen molar-refractivity contribution in [2.24, 2.45) is 10.1 Å². The summed E-state index contributed by atoms with van der Waals surface area (Å²) in [5.74, 6) is 0.442. The summed E-state index contributed by atoms with van der Waals surface area (Å²) in [5, 5.41) is 15.9. The molecule has 0 radical (unpaired) electrons. The molecular weight excluding hydrogens is 298 g/mol. The number of carbonyl (C=O) groups is 2. The number of hydrazone groups is 1. The Morgan fingerprint density at radius 3 is 2.70 bits per heavy atom. The van der Waals surface area contributed by atoms with Crippen LogP contribution in [0.4, 0.5) is 0 Å². The average Bonchev–Trinajstić information content (AvgIpc) is 2.44. The van der Waals surface area contributed by atoms with Crippen molar-refractivity contribution in [2.75, 3.05) is 27.2 Å². The van der Waals surface area contributed by atoms with E-state index in [9.17, 15) is 9.59 Å². The van der Waals surface area contributed by atoms with Crippen LogP contribution in [0.25, 0.3) is 0 Å². The molecule has 0 spiro atoms. The number of carbonyl (C=O) groups excluding carboxylic acids is 2. The van der Waals surface area contributed by atoms with Crippen molar-refractivity contribution in [1.82, 2.24) is 26.7 Å². The topological polar surface area (TPSA) is 119 Å². The second-order valence-corrected chi connectivity index (χ2v) is 5.25. The van der Waals surface area contributed by atoms with E-state index in [1.807, 2.05) is 0 Å². The molecule has 1 aliphatic heterocycles. The normalized spacial score (nSPS) is 18.9. The predicted molar refractivity (Wildman–Crippen MR) is 90.3 cm³/mol. The minimum absolute atomic E-state index is 0.0329. The summed E-state index contributed by atoms with van der Waals surface area (Å²) in [5.41, 5.74) is 2.35. The van der Waals surface area contributed by atoms with Gasteiger partial charge in [-0.2, -0.15) is 5.10 Å². The Labute approximate surface area is 136 Å². The van der Waals surface area contributed by atoms with Gasteiger partial charge in [-0.05, 0) is 25.8 Å². The van der Waals surface area contributed by atoms with Crippen molar-refractivity contribution in [2.45, 2.75) is 38.3 Å². The smallest absolute Gasteiger partial charge is 0.237 e. The van der Waals surface area contributed by atoms with Crippen LogP contribution in [0, 0.1) is 0 Å². The van der Waals surface area contributed by atoms with Gasteiger partial charge in [0.05, 0.1) is 12.1 Å². The molecule has 1 rings (SSSR count). The lowest BCUT2D eigenvalue weighted by atomic mass is 10.1. The van der Waals surface area contributed by atoms with Gasteiger partial charge in [0.1, 0.15) is 0 Å². The van der Waals surface area contributed by atoms with Crippen LogP contribution in [0.2, 0.25) is 0 Å². The molecule has 0 aromatic rings. The van der Waals surface area contributed by atoms with Crippen molar-refractivity contribution in [3.63, 3.8) is 0 Å². The first-order chi connectivity index (χ1) is 11.1. The first-order valence-electron chi connectivity index (χ1n) is 7.78. The maximum atomic E-state index is 12.0. The maximum Gasteiger partial charge on any atom is 0.237 e. The number of rotatable bonds is 8. The number of hydrogen-bond acceptors (Lipinski definition) is 5. The average molecular weight is 325 g/mol. The van der Waals surface area contributed by atoms with Gasteiger partial charge in [-0.1, -0.05) is 0 Å². The Balaban J connectivity index is 2.41. The van der Waals surface area contributed by atoms with Crippen LogP contribution >= 0.6 is 0 Å². The zero-order chi connectivity index (χ0) is 17.1. The molecule has 130 valence electrons. The molecular formula is C14H27N7O2. The van der Waals surface area contributed by atoms with E-state index in [4.69, 9.17) is 0 Å². The fourth-order valence-corrected chi connectivity index (χ4v) is 2.01. The third-order valence-electron chi connectivity index (χ3n) is 3.39. The van der Waals surface area contributed by atoms with Crippen LogP contribution in [0.5, 0.6) is 0 Å². The molecule has 0 bridgehead atoms. The standard InChI is InChI=1S/C14H27N7O2/c1-10(22)21-19-9-11(20-13(23)12-6-8-17-12)5-4-7-18-14(15-2)16-3/h9,11-12,17H,4-8H2,1-3H3,(H,20,23)(H,21,22)(H2,15,16,18)/b19-9+/t11-,12-/m0/s1. The summed E-state index contributed by atoms with van der Waals surface area (Å²) in [6, 6.07) is -0.344. The highest BCUT2D eigenvalue weighted by Crippen LogP contribution is 2.03. The molecule has 5 N–H and O–H groups in total. The Hall–Kier alpha value is -2.16. The Morgan fingerprint density at radius 1 is 1.43 bits per heavy atom. The largest absolute Gasteiger partial charge is 0.359 e. The van der Waals surface area contributed by atoms with Gasteiger partial charge in [-0.3, -0.25) is 14.6 Å². The lowest BCUT2D eigenvalue weighted by Crippen LogP contribution is -2.55. The van der Waals surface area contributed by atoms with Crippen LogP contribution in [-0.2, 0) is 9.59 Å². The summed E-state index contributed by atoms with van der Waals surface area (Å²) in [4.78, 5) is 26.9. The van der Waals surface area contributed by atoms with E-state index in [1.165, 1.54) is 6.92 Å². The number of aliphatic imine (C=N–C) groups is 1. The van der Waals surface area contributed by atoms with E-state index in [0.717, 1.165) is 31.9 Å². The highest BCUT2D eigenvalue weighted by molar-refractivity contribution is 5.86. The summed E-state index contributed by atoms with van der Waals surface area (Å²) >= 11 is 0. The van der Waals surface area contributed by atoms with Crippen LogP contribution in [0.1, 0.15) is 26.2 Å². The SMILES string of the molecule is CN=C(NC)NCCC[C@@H](/C=N/NC(C)=O)NC(=O)[C@@H]1CCN1. The predicted octanol–water partition coefficient (Wildman–Crippen LogP) is -1.47. The zero-order valence-corrected chi connectivity index (χ0v) is 14.0. The molecule has 9 heteroatoms. The first-order valence-corrected chi connectivity index (χ1v) is 7.78. The lowest BCUT2D eigenvalue weighted by Gasteiger charge is -2.28. The molecule has 0 saturated carbocycles. The van der Waals surface area contributed by atoms with Gasteiger partial charge in [0.15, 0.2) is 5.96 Å². The molecule has 2 amide bonds. The number of nitrogens with zero attached hydrogens (tertiary/aromatic N) is 2. The maximum absolute atomic E-state index is 12.0. The molecule has 1 aliphatic rings. The number of amides is 2. The van der Waals surface area contributed by atoms with Gasteiger partial charge in [-0.25, -0.2) is 5.43 Å². The van der Waals surface area contributed by atoms with Gasteiger partial charge in [0.2, 0.25) is 11.8 Å². The highest BCUT2D eigenvalue weighted by Gasteiger charge is 2.25. The third kappa shape index (κ3) is 7.59. The van der Waals surface area contributed by atoms with E-state index in [2.05, 4.69) is 36.8 Å². The molecule has 9 nitrogen and oxygen atoms in total. The molecule has 1 fully saturated rings. The van der Waals surface area contributed by atoms with E-state index in [-0.39, 0.29) is 23.9 Å². The monoisotopic (exact) mass is 325 g/mol. The van der Waals surface area contributed by atoms with E-state index < -0.39 is 0 Å². The van der Waals surface area contributed by atoms with Crippen molar-refractivity contribution >= 4 is 24.0 Å². The van der Waals surface area contributed by atoms with Crippen LogP contribution in [0.3, 0.4) is 0 Å². The molecule has 0 aliphatic carbocycles. The molecule has 0 aromatic heterocycles.